The van der Waals surface area contributed by atoms with Crippen LogP contribution in [-0.4, -0.2) is 23.6 Å². The Morgan fingerprint density at radius 3 is 2.53 bits per heavy atom. The van der Waals surface area contributed by atoms with Gasteiger partial charge in [-0.1, -0.05) is 27.7 Å². The normalized spacial score (nSPS) is 24.2. The fraction of sp³-hybridized carbons (Fsp3) is 1.00. The first kappa shape index (κ1) is 15.4. The van der Waals surface area contributed by atoms with Gasteiger partial charge in [-0.05, 0) is 56.2 Å². The van der Waals surface area contributed by atoms with Crippen LogP contribution >= 0.6 is 11.8 Å². The minimum atomic E-state index is 0.760. The second kappa shape index (κ2) is 8.42. The van der Waals surface area contributed by atoms with Gasteiger partial charge in [-0.15, -0.1) is 0 Å². The smallest absolute Gasteiger partial charge is 0.0201 e. The topological polar surface area (TPSA) is 12.0 Å². The van der Waals surface area contributed by atoms with Gasteiger partial charge in [0.1, 0.15) is 0 Å². The van der Waals surface area contributed by atoms with E-state index in [1.807, 2.05) is 0 Å². The molecule has 0 spiro atoms. The van der Waals surface area contributed by atoms with E-state index in [2.05, 4.69) is 44.8 Å². The summed E-state index contributed by atoms with van der Waals surface area (Å²) in [5, 5.41) is 4.68. The number of hydrogen-bond donors (Lipinski definition) is 1. The van der Waals surface area contributed by atoms with E-state index in [4.69, 9.17) is 0 Å². The molecule has 3 atom stereocenters. The molecule has 1 aliphatic rings. The van der Waals surface area contributed by atoms with Gasteiger partial charge in [0.2, 0.25) is 0 Å². The van der Waals surface area contributed by atoms with Crippen molar-refractivity contribution in [1.29, 1.82) is 0 Å². The molecule has 0 bridgehead atoms. The van der Waals surface area contributed by atoms with Gasteiger partial charge in [0.25, 0.3) is 0 Å². The highest BCUT2D eigenvalue weighted by atomic mass is 32.2. The summed E-state index contributed by atoms with van der Waals surface area (Å²) in [5.74, 6) is 3.09. The van der Waals surface area contributed by atoms with E-state index < -0.39 is 0 Å². The Hall–Kier alpha value is 0.310. The highest BCUT2D eigenvalue weighted by molar-refractivity contribution is 8.00. The Bertz CT molecular complexity index is 187. The van der Waals surface area contributed by atoms with Gasteiger partial charge in [-0.25, -0.2) is 0 Å². The minimum Gasteiger partial charge on any atom is -0.313 e. The average molecular weight is 257 g/mol. The molecule has 0 aliphatic carbocycles. The van der Waals surface area contributed by atoms with Crippen LogP contribution in [0.5, 0.6) is 0 Å². The van der Waals surface area contributed by atoms with Crippen LogP contribution in [0.25, 0.3) is 0 Å². The van der Waals surface area contributed by atoms with Crippen LogP contribution in [0.4, 0.5) is 0 Å². The molecule has 1 fully saturated rings. The number of rotatable bonds is 8. The lowest BCUT2D eigenvalue weighted by atomic mass is 9.90. The average Bonchev–Trinajstić information content (AvgIpc) is 2.76. The third-order valence-electron chi connectivity index (χ3n) is 3.60. The molecule has 1 rings (SSSR count). The molecule has 0 radical (unpaired) electrons. The van der Waals surface area contributed by atoms with Crippen LogP contribution in [0.3, 0.4) is 0 Å². The molecule has 0 amide bonds. The first-order valence-corrected chi connectivity index (χ1v) is 8.53. The van der Waals surface area contributed by atoms with Crippen molar-refractivity contribution in [3.05, 3.63) is 0 Å². The van der Waals surface area contributed by atoms with Crippen LogP contribution in [0.2, 0.25) is 0 Å². The summed E-state index contributed by atoms with van der Waals surface area (Å²) in [7, 11) is 0. The van der Waals surface area contributed by atoms with Crippen molar-refractivity contribution in [3.63, 3.8) is 0 Å². The highest BCUT2D eigenvalue weighted by Crippen LogP contribution is 2.32. The van der Waals surface area contributed by atoms with Gasteiger partial charge in [-0.2, -0.15) is 11.8 Å². The van der Waals surface area contributed by atoms with Crippen LogP contribution in [0.1, 0.15) is 59.8 Å². The Morgan fingerprint density at radius 2 is 2.00 bits per heavy atom. The van der Waals surface area contributed by atoms with E-state index in [0.29, 0.717) is 0 Å². The second-order valence-electron chi connectivity index (χ2n) is 6.08. The Balaban J connectivity index is 2.38. The molecular weight excluding hydrogens is 226 g/mol. The predicted molar refractivity (Wildman–Crippen MR) is 80.8 cm³/mol. The molecule has 3 unspecified atom stereocenters. The summed E-state index contributed by atoms with van der Waals surface area (Å²) < 4.78 is 0. The first-order chi connectivity index (χ1) is 8.13. The van der Waals surface area contributed by atoms with Crippen molar-refractivity contribution in [2.75, 3.05) is 12.3 Å². The van der Waals surface area contributed by atoms with Crippen LogP contribution < -0.4 is 5.32 Å². The molecular formula is C15H31NS. The quantitative estimate of drug-likeness (QED) is 0.695. The zero-order valence-electron chi connectivity index (χ0n) is 12.2. The maximum atomic E-state index is 3.79. The van der Waals surface area contributed by atoms with Crippen LogP contribution in [0.15, 0.2) is 0 Å². The third-order valence-corrected chi connectivity index (χ3v) is 5.12. The first-order valence-electron chi connectivity index (χ1n) is 7.48. The number of thioether (sulfide) groups is 1. The fourth-order valence-corrected chi connectivity index (χ4v) is 4.36. The van der Waals surface area contributed by atoms with E-state index in [-0.39, 0.29) is 0 Å². The molecule has 1 aliphatic heterocycles. The van der Waals surface area contributed by atoms with Gasteiger partial charge < -0.3 is 5.32 Å². The van der Waals surface area contributed by atoms with Gasteiger partial charge in [0, 0.05) is 11.3 Å². The molecule has 1 nitrogen and oxygen atoms in total. The van der Waals surface area contributed by atoms with E-state index in [1.54, 1.807) is 0 Å². The summed E-state index contributed by atoms with van der Waals surface area (Å²) in [6.45, 7) is 10.6. The molecule has 2 heteroatoms. The predicted octanol–water partition coefficient (Wildman–Crippen LogP) is 4.32. The molecule has 0 aromatic rings. The van der Waals surface area contributed by atoms with Gasteiger partial charge in [-0.3, -0.25) is 0 Å². The maximum Gasteiger partial charge on any atom is 0.0201 e. The van der Waals surface area contributed by atoms with E-state index in [9.17, 15) is 0 Å². The van der Waals surface area contributed by atoms with Crippen molar-refractivity contribution >= 4 is 11.8 Å². The second-order valence-corrected chi connectivity index (χ2v) is 7.43. The Labute approximate surface area is 113 Å². The minimum absolute atomic E-state index is 0.760. The standard InChI is InChI=1S/C15H31NS/c1-5-8-16-14(15-7-6-9-17-15)11-13(4)10-12(2)3/h12-16H,5-11H2,1-4H3. The molecule has 1 heterocycles. The van der Waals surface area contributed by atoms with Crippen molar-refractivity contribution in [2.24, 2.45) is 11.8 Å². The lowest BCUT2D eigenvalue weighted by Gasteiger charge is -2.27. The summed E-state index contributed by atoms with van der Waals surface area (Å²) >= 11 is 2.20. The van der Waals surface area contributed by atoms with E-state index in [1.165, 1.54) is 44.4 Å². The van der Waals surface area contributed by atoms with Crippen molar-refractivity contribution in [2.45, 2.75) is 71.1 Å². The molecule has 102 valence electrons. The molecule has 0 aromatic heterocycles. The Kier molecular flexibility index (Phi) is 7.61. The molecule has 0 saturated carbocycles. The zero-order valence-corrected chi connectivity index (χ0v) is 13.0. The lowest BCUT2D eigenvalue weighted by Crippen LogP contribution is -2.39. The summed E-state index contributed by atoms with van der Waals surface area (Å²) in [5.41, 5.74) is 0. The highest BCUT2D eigenvalue weighted by Gasteiger charge is 2.26. The maximum absolute atomic E-state index is 3.79. The monoisotopic (exact) mass is 257 g/mol. The summed E-state index contributed by atoms with van der Waals surface area (Å²) in [4.78, 5) is 0. The summed E-state index contributed by atoms with van der Waals surface area (Å²) in [6.07, 6.45) is 6.86. The fourth-order valence-electron chi connectivity index (χ4n) is 2.95. The van der Waals surface area contributed by atoms with E-state index in [0.717, 1.165) is 23.1 Å². The van der Waals surface area contributed by atoms with E-state index >= 15 is 0 Å². The lowest BCUT2D eigenvalue weighted by molar-refractivity contribution is 0.344. The van der Waals surface area contributed by atoms with Gasteiger partial charge in [0.15, 0.2) is 0 Å². The van der Waals surface area contributed by atoms with Crippen molar-refractivity contribution in [1.82, 2.24) is 5.32 Å². The number of nitrogens with one attached hydrogen (secondary N) is 1. The van der Waals surface area contributed by atoms with Crippen LogP contribution in [0, 0.1) is 11.8 Å². The SMILES string of the molecule is CCCNC(CC(C)CC(C)C)C1CCCS1. The van der Waals surface area contributed by atoms with Crippen molar-refractivity contribution in [3.8, 4) is 0 Å². The van der Waals surface area contributed by atoms with Crippen molar-refractivity contribution < 1.29 is 0 Å². The third kappa shape index (κ3) is 6.15. The Morgan fingerprint density at radius 1 is 1.24 bits per heavy atom. The molecule has 1 N–H and O–H groups in total. The summed E-state index contributed by atoms with van der Waals surface area (Å²) in [6, 6.07) is 0.760. The largest absolute Gasteiger partial charge is 0.313 e. The van der Waals surface area contributed by atoms with Gasteiger partial charge in [0.05, 0.1) is 0 Å². The number of hydrogen-bond acceptors (Lipinski definition) is 2. The zero-order chi connectivity index (χ0) is 12.7. The molecule has 17 heavy (non-hydrogen) atoms. The molecule has 1 saturated heterocycles. The molecule has 0 aromatic carbocycles. The van der Waals surface area contributed by atoms with Gasteiger partial charge >= 0.3 is 0 Å². The van der Waals surface area contributed by atoms with Crippen LogP contribution in [-0.2, 0) is 0 Å².